The van der Waals surface area contributed by atoms with Gasteiger partial charge in [-0.3, -0.25) is 4.79 Å². The van der Waals surface area contributed by atoms with E-state index in [1.807, 2.05) is 23.2 Å². The molecule has 2 aromatic rings. The van der Waals surface area contributed by atoms with Crippen molar-refractivity contribution >= 4 is 33.2 Å². The van der Waals surface area contributed by atoms with E-state index in [2.05, 4.69) is 26.2 Å². The van der Waals surface area contributed by atoms with Crippen molar-refractivity contribution in [2.45, 2.75) is 6.54 Å². The summed E-state index contributed by atoms with van der Waals surface area (Å²) in [7, 11) is 1.90. The number of carbonyl (C=O) groups excluding carboxylic acids is 1. The van der Waals surface area contributed by atoms with Crippen LogP contribution in [0.15, 0.2) is 27.6 Å². The summed E-state index contributed by atoms with van der Waals surface area (Å²) in [6.45, 7) is 0.440. The fraction of sp³-hybridized carbons (Fsp3) is 0.200. The minimum absolute atomic E-state index is 0.0787. The van der Waals surface area contributed by atoms with Crippen LogP contribution in [0.4, 0.5) is 0 Å². The van der Waals surface area contributed by atoms with Gasteiger partial charge in [-0.2, -0.15) is 0 Å². The zero-order chi connectivity index (χ0) is 11.5. The number of amides is 1. The first-order valence-corrected chi connectivity index (χ1v) is 6.32. The first-order chi connectivity index (χ1) is 7.66. The number of aryl methyl sites for hydroxylation is 1. The number of aromatic nitrogens is 2. The number of hydrogen-bond donors (Lipinski definition) is 1. The van der Waals surface area contributed by atoms with Crippen molar-refractivity contribution in [2.75, 3.05) is 0 Å². The number of imidazole rings is 1. The zero-order valence-corrected chi connectivity index (χ0v) is 11.0. The summed E-state index contributed by atoms with van der Waals surface area (Å²) in [6.07, 6.45) is 3.56. The second-order valence-electron chi connectivity index (χ2n) is 3.28. The molecular weight excluding hydrogens is 290 g/mol. The molecule has 0 bridgehead atoms. The van der Waals surface area contributed by atoms with Crippen LogP contribution in [0, 0.1) is 0 Å². The molecule has 0 spiro atoms. The van der Waals surface area contributed by atoms with Crippen LogP contribution >= 0.6 is 27.3 Å². The van der Waals surface area contributed by atoms with Crippen molar-refractivity contribution < 1.29 is 4.79 Å². The summed E-state index contributed by atoms with van der Waals surface area (Å²) in [5.41, 5.74) is 0.672. The Balaban J connectivity index is 1.96. The maximum atomic E-state index is 11.7. The van der Waals surface area contributed by atoms with Crippen molar-refractivity contribution in [1.82, 2.24) is 14.9 Å². The summed E-state index contributed by atoms with van der Waals surface area (Å²) >= 11 is 4.82. The van der Waals surface area contributed by atoms with E-state index in [-0.39, 0.29) is 5.91 Å². The van der Waals surface area contributed by atoms with Gasteiger partial charge in [-0.1, -0.05) is 0 Å². The van der Waals surface area contributed by atoms with E-state index in [9.17, 15) is 4.79 Å². The maximum absolute atomic E-state index is 11.7. The fourth-order valence-corrected chi connectivity index (χ4v) is 2.39. The Morgan fingerprint density at radius 1 is 1.69 bits per heavy atom. The summed E-state index contributed by atoms with van der Waals surface area (Å²) in [5.74, 6) is 0.757. The maximum Gasteiger partial charge on any atom is 0.252 e. The van der Waals surface area contributed by atoms with Gasteiger partial charge in [0.1, 0.15) is 5.82 Å². The Hall–Kier alpha value is -1.14. The van der Waals surface area contributed by atoms with E-state index >= 15 is 0 Å². The molecule has 0 aliphatic rings. The number of rotatable bonds is 3. The average molecular weight is 300 g/mol. The van der Waals surface area contributed by atoms with E-state index in [1.165, 1.54) is 11.3 Å². The van der Waals surface area contributed by atoms with Crippen LogP contribution < -0.4 is 5.32 Å². The van der Waals surface area contributed by atoms with Crippen molar-refractivity contribution in [2.24, 2.45) is 7.05 Å². The molecular formula is C10H10BrN3OS. The number of thiophene rings is 1. The molecule has 0 aliphatic carbocycles. The van der Waals surface area contributed by atoms with E-state index in [0.717, 1.165) is 9.61 Å². The summed E-state index contributed by atoms with van der Waals surface area (Å²) < 4.78 is 2.83. The number of nitrogens with zero attached hydrogens (tertiary/aromatic N) is 2. The summed E-state index contributed by atoms with van der Waals surface area (Å²) in [5, 5.41) is 4.64. The van der Waals surface area contributed by atoms with E-state index < -0.39 is 0 Å². The van der Waals surface area contributed by atoms with E-state index in [4.69, 9.17) is 0 Å². The zero-order valence-electron chi connectivity index (χ0n) is 8.61. The van der Waals surface area contributed by atoms with Crippen molar-refractivity contribution in [1.29, 1.82) is 0 Å². The third-order valence-electron chi connectivity index (χ3n) is 2.16. The Bertz CT molecular complexity index is 506. The third kappa shape index (κ3) is 2.51. The molecule has 0 atom stereocenters. The van der Waals surface area contributed by atoms with Crippen LogP contribution in [0.3, 0.4) is 0 Å². The highest BCUT2D eigenvalue weighted by Crippen LogP contribution is 2.20. The number of hydrogen-bond acceptors (Lipinski definition) is 3. The van der Waals surface area contributed by atoms with Crippen LogP contribution in [0.5, 0.6) is 0 Å². The molecule has 0 radical (unpaired) electrons. The monoisotopic (exact) mass is 299 g/mol. The van der Waals surface area contributed by atoms with Crippen LogP contribution in [0.25, 0.3) is 0 Å². The largest absolute Gasteiger partial charge is 0.345 e. The SMILES string of the molecule is Cn1ccnc1CNC(=O)c1csc(Br)c1. The lowest BCUT2D eigenvalue weighted by molar-refractivity contribution is 0.0950. The van der Waals surface area contributed by atoms with Gasteiger partial charge in [-0.15, -0.1) is 11.3 Å². The minimum atomic E-state index is -0.0787. The lowest BCUT2D eigenvalue weighted by Gasteiger charge is -2.03. The standard InChI is InChI=1S/C10H10BrN3OS/c1-14-3-2-12-9(14)5-13-10(15)7-4-8(11)16-6-7/h2-4,6H,5H2,1H3,(H,13,15). The second-order valence-corrected chi connectivity index (χ2v) is 5.57. The molecule has 0 aliphatic heterocycles. The molecule has 1 amide bonds. The van der Waals surface area contributed by atoms with Crippen molar-refractivity contribution in [3.8, 4) is 0 Å². The van der Waals surface area contributed by atoms with Gasteiger partial charge in [0.05, 0.1) is 15.9 Å². The summed E-state index contributed by atoms with van der Waals surface area (Å²) in [4.78, 5) is 15.8. The second kappa shape index (κ2) is 4.80. The normalized spacial score (nSPS) is 10.4. The molecule has 0 fully saturated rings. The number of carbonyl (C=O) groups is 1. The molecule has 1 N–H and O–H groups in total. The van der Waals surface area contributed by atoms with Gasteiger partial charge in [0.15, 0.2) is 0 Å². The molecule has 0 unspecified atom stereocenters. The first kappa shape index (κ1) is 11.3. The predicted molar refractivity (Wildman–Crippen MR) is 66.4 cm³/mol. The van der Waals surface area contributed by atoms with Crippen LogP contribution in [0.1, 0.15) is 16.2 Å². The minimum Gasteiger partial charge on any atom is -0.345 e. The molecule has 2 rings (SSSR count). The molecule has 4 nitrogen and oxygen atoms in total. The highest BCUT2D eigenvalue weighted by molar-refractivity contribution is 9.11. The lowest BCUT2D eigenvalue weighted by Crippen LogP contribution is -2.23. The van der Waals surface area contributed by atoms with Gasteiger partial charge >= 0.3 is 0 Å². The van der Waals surface area contributed by atoms with Gasteiger partial charge < -0.3 is 9.88 Å². The third-order valence-corrected chi connectivity index (χ3v) is 3.66. The van der Waals surface area contributed by atoms with Crippen LogP contribution in [-0.2, 0) is 13.6 Å². The Morgan fingerprint density at radius 2 is 2.50 bits per heavy atom. The van der Waals surface area contributed by atoms with Gasteiger partial charge in [0, 0.05) is 24.8 Å². The topological polar surface area (TPSA) is 46.9 Å². The average Bonchev–Trinajstić information content (AvgIpc) is 2.84. The summed E-state index contributed by atoms with van der Waals surface area (Å²) in [6, 6.07) is 1.80. The number of halogens is 1. The molecule has 6 heteroatoms. The Kier molecular flexibility index (Phi) is 3.40. The van der Waals surface area contributed by atoms with Crippen molar-refractivity contribution in [3.63, 3.8) is 0 Å². The molecule has 0 saturated heterocycles. The van der Waals surface area contributed by atoms with E-state index in [1.54, 1.807) is 12.3 Å². The molecule has 0 aromatic carbocycles. The Morgan fingerprint density at radius 3 is 3.06 bits per heavy atom. The molecule has 2 aromatic heterocycles. The molecule has 2 heterocycles. The molecule has 84 valence electrons. The van der Waals surface area contributed by atoms with E-state index in [0.29, 0.717) is 12.1 Å². The quantitative estimate of drug-likeness (QED) is 0.944. The van der Waals surface area contributed by atoms with Crippen LogP contribution in [-0.4, -0.2) is 15.5 Å². The molecule has 0 saturated carbocycles. The highest BCUT2D eigenvalue weighted by Gasteiger charge is 2.08. The van der Waals surface area contributed by atoms with Crippen molar-refractivity contribution in [3.05, 3.63) is 39.0 Å². The van der Waals surface area contributed by atoms with Gasteiger partial charge in [0.2, 0.25) is 0 Å². The highest BCUT2D eigenvalue weighted by atomic mass is 79.9. The smallest absolute Gasteiger partial charge is 0.252 e. The molecule has 16 heavy (non-hydrogen) atoms. The first-order valence-electron chi connectivity index (χ1n) is 4.65. The Labute approximate surface area is 105 Å². The van der Waals surface area contributed by atoms with Gasteiger partial charge in [-0.05, 0) is 22.0 Å². The predicted octanol–water partition coefficient (Wildman–Crippen LogP) is 2.17. The van der Waals surface area contributed by atoms with Gasteiger partial charge in [0.25, 0.3) is 5.91 Å². The van der Waals surface area contributed by atoms with Crippen LogP contribution in [0.2, 0.25) is 0 Å². The number of nitrogens with one attached hydrogen (secondary N) is 1. The van der Waals surface area contributed by atoms with Gasteiger partial charge in [-0.25, -0.2) is 4.98 Å². The lowest BCUT2D eigenvalue weighted by atomic mass is 10.3. The fourth-order valence-electron chi connectivity index (χ4n) is 1.26.